The number of benzene rings is 2. The molecule has 2 aromatic carbocycles. The van der Waals surface area contributed by atoms with Gasteiger partial charge in [0.25, 0.3) is 5.56 Å². The molecule has 0 saturated heterocycles. The van der Waals surface area contributed by atoms with Crippen molar-refractivity contribution >= 4 is 49.3 Å². The summed E-state index contributed by atoms with van der Waals surface area (Å²) in [5.41, 5.74) is 3.35. The molecule has 8 heteroatoms. The van der Waals surface area contributed by atoms with Crippen molar-refractivity contribution in [2.45, 2.75) is 19.9 Å². The van der Waals surface area contributed by atoms with Crippen molar-refractivity contribution in [2.75, 3.05) is 6.54 Å². The number of thiophene rings is 1. The monoisotopic (exact) mass is 488 g/mol. The first-order valence-electron chi connectivity index (χ1n) is 10.9. The average molecular weight is 489 g/mol. The minimum absolute atomic E-state index is 0.0782. The predicted octanol–water partition coefficient (Wildman–Crippen LogP) is 4.99. The van der Waals surface area contributed by atoms with Gasteiger partial charge in [-0.05, 0) is 43.2 Å². The third-order valence-electron chi connectivity index (χ3n) is 5.65. The zero-order chi connectivity index (χ0) is 23.7. The first-order valence-corrected chi connectivity index (χ1v) is 12.1. The quantitative estimate of drug-likeness (QED) is 0.365. The lowest BCUT2D eigenvalue weighted by Crippen LogP contribution is -2.34. The Labute approximate surface area is 204 Å². The van der Waals surface area contributed by atoms with E-state index in [1.807, 2.05) is 66.7 Å². The highest BCUT2D eigenvalue weighted by Crippen LogP contribution is 2.31. The van der Waals surface area contributed by atoms with Crippen molar-refractivity contribution in [3.05, 3.63) is 93.5 Å². The van der Waals surface area contributed by atoms with Gasteiger partial charge in [-0.1, -0.05) is 54.1 Å². The van der Waals surface area contributed by atoms with Gasteiger partial charge in [-0.15, -0.1) is 11.3 Å². The van der Waals surface area contributed by atoms with Gasteiger partial charge in [-0.2, -0.15) is 0 Å². The lowest BCUT2D eigenvalue weighted by atomic mass is 10.1. The molecule has 0 saturated carbocycles. The number of carbonyl (C=O) groups excluding carboxylic acids is 1. The SMILES string of the molecule is Cc1nc2c(sc3nc(-c4ccccc4)ccc32)c(=O)n1CC(=O)NCCc1ccc(Cl)cc1. The molecule has 5 aromatic rings. The molecule has 0 fully saturated rings. The first kappa shape index (κ1) is 22.3. The number of rotatable bonds is 6. The zero-order valence-electron chi connectivity index (χ0n) is 18.4. The fraction of sp³-hybridized carbons (Fsp3) is 0.154. The molecule has 0 atom stereocenters. The Morgan fingerprint density at radius 2 is 1.79 bits per heavy atom. The third-order valence-corrected chi connectivity index (χ3v) is 6.98. The smallest absolute Gasteiger partial charge is 0.272 e. The van der Waals surface area contributed by atoms with E-state index in [0.29, 0.717) is 34.0 Å². The maximum Gasteiger partial charge on any atom is 0.272 e. The second kappa shape index (κ2) is 9.37. The number of amides is 1. The van der Waals surface area contributed by atoms with E-state index >= 15 is 0 Å². The molecular formula is C26H21ClN4O2S. The summed E-state index contributed by atoms with van der Waals surface area (Å²) < 4.78 is 1.93. The fourth-order valence-corrected chi connectivity index (χ4v) is 5.05. The Morgan fingerprint density at radius 3 is 2.56 bits per heavy atom. The molecule has 0 aliphatic heterocycles. The Hall–Kier alpha value is -3.55. The molecule has 1 amide bonds. The van der Waals surface area contributed by atoms with Gasteiger partial charge in [-0.3, -0.25) is 14.2 Å². The highest BCUT2D eigenvalue weighted by molar-refractivity contribution is 7.25. The summed E-state index contributed by atoms with van der Waals surface area (Å²) in [6.45, 7) is 2.14. The standard InChI is InChI=1S/C26H21ClN4O2S/c1-16-29-23-20-11-12-21(18-5-3-2-4-6-18)30-25(20)34-24(23)26(33)31(16)15-22(32)28-14-13-17-7-9-19(27)10-8-17/h2-12H,13-15H2,1H3,(H,28,32). The van der Waals surface area contributed by atoms with Crippen LogP contribution in [-0.4, -0.2) is 27.0 Å². The summed E-state index contributed by atoms with van der Waals surface area (Å²) in [5.74, 6) is 0.267. The van der Waals surface area contributed by atoms with E-state index in [4.69, 9.17) is 16.6 Å². The van der Waals surface area contributed by atoms with Crippen molar-refractivity contribution in [1.29, 1.82) is 0 Å². The average Bonchev–Trinajstić information content (AvgIpc) is 3.21. The van der Waals surface area contributed by atoms with E-state index in [9.17, 15) is 9.59 Å². The van der Waals surface area contributed by atoms with Gasteiger partial charge < -0.3 is 5.32 Å². The van der Waals surface area contributed by atoms with Crippen LogP contribution in [-0.2, 0) is 17.8 Å². The number of carbonyl (C=O) groups is 1. The van der Waals surface area contributed by atoms with Crippen molar-refractivity contribution < 1.29 is 4.79 Å². The van der Waals surface area contributed by atoms with Gasteiger partial charge in [0.05, 0.1) is 11.2 Å². The van der Waals surface area contributed by atoms with Crippen LogP contribution >= 0.6 is 22.9 Å². The van der Waals surface area contributed by atoms with Crippen LogP contribution in [0.5, 0.6) is 0 Å². The lowest BCUT2D eigenvalue weighted by molar-refractivity contribution is -0.121. The second-order valence-corrected chi connectivity index (χ2v) is 9.41. The van der Waals surface area contributed by atoms with Crippen LogP contribution in [0.1, 0.15) is 11.4 Å². The summed E-state index contributed by atoms with van der Waals surface area (Å²) in [6, 6.07) is 21.3. The maximum absolute atomic E-state index is 13.2. The number of nitrogens with zero attached hydrogens (tertiary/aromatic N) is 3. The van der Waals surface area contributed by atoms with E-state index in [1.54, 1.807) is 6.92 Å². The number of aryl methyl sites for hydroxylation is 1. The zero-order valence-corrected chi connectivity index (χ0v) is 20.0. The van der Waals surface area contributed by atoms with Crippen LogP contribution in [0.15, 0.2) is 71.5 Å². The number of hydrogen-bond acceptors (Lipinski definition) is 5. The maximum atomic E-state index is 13.2. The second-order valence-electron chi connectivity index (χ2n) is 7.97. The molecule has 0 bridgehead atoms. The van der Waals surface area contributed by atoms with Gasteiger partial charge in [0.1, 0.15) is 21.9 Å². The number of fused-ring (bicyclic) bond motifs is 3. The Kier molecular flexibility index (Phi) is 6.13. The number of pyridine rings is 1. The van der Waals surface area contributed by atoms with E-state index < -0.39 is 0 Å². The summed E-state index contributed by atoms with van der Waals surface area (Å²) in [4.78, 5) is 36.0. The van der Waals surface area contributed by atoms with Gasteiger partial charge in [-0.25, -0.2) is 9.97 Å². The topological polar surface area (TPSA) is 76.9 Å². The van der Waals surface area contributed by atoms with Crippen LogP contribution in [0.25, 0.3) is 31.7 Å². The van der Waals surface area contributed by atoms with Crippen LogP contribution in [0.3, 0.4) is 0 Å². The summed E-state index contributed by atoms with van der Waals surface area (Å²) >= 11 is 7.22. The molecule has 34 heavy (non-hydrogen) atoms. The van der Waals surface area contributed by atoms with E-state index in [2.05, 4.69) is 10.3 Å². The fourth-order valence-electron chi connectivity index (χ4n) is 3.87. The summed E-state index contributed by atoms with van der Waals surface area (Å²) in [6.07, 6.45) is 0.680. The number of halogens is 1. The van der Waals surface area contributed by atoms with E-state index in [1.165, 1.54) is 15.9 Å². The molecule has 170 valence electrons. The highest BCUT2D eigenvalue weighted by Gasteiger charge is 2.17. The Bertz CT molecular complexity index is 1560. The molecule has 0 spiro atoms. The first-order chi connectivity index (χ1) is 16.5. The molecule has 1 N–H and O–H groups in total. The van der Waals surface area contributed by atoms with Crippen LogP contribution in [0, 0.1) is 6.92 Å². The summed E-state index contributed by atoms with van der Waals surface area (Å²) in [5, 5.41) is 4.41. The molecule has 0 aliphatic rings. The van der Waals surface area contributed by atoms with Gasteiger partial charge >= 0.3 is 0 Å². The minimum Gasteiger partial charge on any atom is -0.354 e. The summed E-state index contributed by atoms with van der Waals surface area (Å²) in [7, 11) is 0. The van der Waals surface area contributed by atoms with Gasteiger partial charge in [0.2, 0.25) is 5.91 Å². The molecule has 0 radical (unpaired) electrons. The Morgan fingerprint density at radius 1 is 1.03 bits per heavy atom. The minimum atomic E-state index is -0.231. The van der Waals surface area contributed by atoms with E-state index in [0.717, 1.165) is 27.0 Å². The van der Waals surface area contributed by atoms with E-state index in [-0.39, 0.29) is 18.0 Å². The Balaban J connectivity index is 1.38. The van der Waals surface area contributed by atoms with Crippen LogP contribution in [0.2, 0.25) is 5.02 Å². The number of nitrogens with one attached hydrogen (secondary N) is 1. The van der Waals surface area contributed by atoms with Gasteiger partial charge in [0.15, 0.2) is 0 Å². The van der Waals surface area contributed by atoms with Crippen molar-refractivity contribution in [1.82, 2.24) is 19.9 Å². The van der Waals surface area contributed by atoms with Gasteiger partial charge in [0, 0.05) is 22.5 Å². The van der Waals surface area contributed by atoms with Crippen molar-refractivity contribution in [2.24, 2.45) is 0 Å². The number of hydrogen-bond donors (Lipinski definition) is 1. The third kappa shape index (κ3) is 4.44. The molecule has 6 nitrogen and oxygen atoms in total. The normalized spacial score (nSPS) is 11.2. The molecule has 3 heterocycles. The molecule has 0 aliphatic carbocycles. The van der Waals surface area contributed by atoms with Crippen LogP contribution in [0.4, 0.5) is 0 Å². The molecule has 5 rings (SSSR count). The van der Waals surface area contributed by atoms with Crippen molar-refractivity contribution in [3.63, 3.8) is 0 Å². The van der Waals surface area contributed by atoms with Crippen molar-refractivity contribution in [3.8, 4) is 11.3 Å². The lowest BCUT2D eigenvalue weighted by Gasteiger charge is -2.10. The molecule has 3 aromatic heterocycles. The highest BCUT2D eigenvalue weighted by atomic mass is 35.5. The number of aromatic nitrogens is 3. The predicted molar refractivity (Wildman–Crippen MR) is 138 cm³/mol. The van der Waals surface area contributed by atoms with Crippen LogP contribution < -0.4 is 10.9 Å². The largest absolute Gasteiger partial charge is 0.354 e. The molecular weight excluding hydrogens is 468 g/mol. The molecule has 0 unspecified atom stereocenters.